The molecule has 0 saturated heterocycles. The van der Waals surface area contributed by atoms with E-state index in [-0.39, 0.29) is 0 Å². The van der Waals surface area contributed by atoms with E-state index in [1.165, 1.54) is 37.7 Å². The molecule has 0 bridgehead atoms. The second kappa shape index (κ2) is 5.83. The van der Waals surface area contributed by atoms with E-state index in [0.29, 0.717) is 12.8 Å². The molecule has 0 amide bonds. The zero-order valence-corrected chi connectivity index (χ0v) is 11.7. The van der Waals surface area contributed by atoms with Crippen molar-refractivity contribution in [3.63, 3.8) is 0 Å². The van der Waals surface area contributed by atoms with Gasteiger partial charge in [0.15, 0.2) is 11.5 Å². The van der Waals surface area contributed by atoms with Crippen molar-refractivity contribution in [1.82, 2.24) is 5.32 Å². The quantitative estimate of drug-likeness (QED) is 0.845. The number of rotatable bonds is 3. The lowest BCUT2D eigenvalue weighted by Crippen LogP contribution is -2.28. The Kier molecular flexibility index (Phi) is 3.92. The molecule has 1 heterocycles. The van der Waals surface area contributed by atoms with Crippen LogP contribution < -0.4 is 14.8 Å². The number of nitrogens with one attached hydrogen (secondary N) is 1. The molecule has 19 heavy (non-hydrogen) atoms. The first-order chi connectivity index (χ1) is 9.33. The minimum atomic E-state index is 0.354. The predicted octanol–water partition coefficient (Wildman–Crippen LogP) is 3.47. The Balaban J connectivity index is 1.59. The van der Waals surface area contributed by atoms with Crippen molar-refractivity contribution in [2.45, 2.75) is 51.6 Å². The first kappa shape index (κ1) is 12.8. The van der Waals surface area contributed by atoms with Crippen LogP contribution in [0.5, 0.6) is 11.5 Å². The Hall–Kier alpha value is -1.22. The molecule has 3 rings (SSSR count). The third-order valence-corrected chi connectivity index (χ3v) is 4.32. The molecular weight excluding hydrogens is 238 g/mol. The SMILES string of the molecule is CC1CCCC(NCc2cccc3c2OCO3)CC1. The van der Waals surface area contributed by atoms with Gasteiger partial charge in [0.05, 0.1) is 0 Å². The van der Waals surface area contributed by atoms with Crippen molar-refractivity contribution in [3.8, 4) is 11.5 Å². The number of hydrogen-bond donors (Lipinski definition) is 1. The molecule has 1 aromatic carbocycles. The van der Waals surface area contributed by atoms with Crippen molar-refractivity contribution >= 4 is 0 Å². The molecule has 1 fully saturated rings. The molecule has 1 aromatic rings. The molecular formula is C16H23NO2. The van der Waals surface area contributed by atoms with Gasteiger partial charge in [0, 0.05) is 18.2 Å². The van der Waals surface area contributed by atoms with E-state index in [1.807, 2.05) is 12.1 Å². The van der Waals surface area contributed by atoms with E-state index < -0.39 is 0 Å². The van der Waals surface area contributed by atoms with E-state index in [1.54, 1.807) is 0 Å². The van der Waals surface area contributed by atoms with E-state index in [0.717, 1.165) is 24.0 Å². The molecule has 3 heteroatoms. The third-order valence-electron chi connectivity index (χ3n) is 4.32. The number of hydrogen-bond acceptors (Lipinski definition) is 3. The van der Waals surface area contributed by atoms with Crippen LogP contribution in [0.25, 0.3) is 0 Å². The molecule has 0 aromatic heterocycles. The zero-order chi connectivity index (χ0) is 13.1. The van der Waals surface area contributed by atoms with Gasteiger partial charge in [-0.25, -0.2) is 0 Å². The van der Waals surface area contributed by atoms with Gasteiger partial charge in [0.25, 0.3) is 0 Å². The molecule has 3 nitrogen and oxygen atoms in total. The van der Waals surface area contributed by atoms with Gasteiger partial charge < -0.3 is 14.8 Å². The lowest BCUT2D eigenvalue weighted by Gasteiger charge is -2.17. The van der Waals surface area contributed by atoms with Gasteiger partial charge in [0.1, 0.15) is 0 Å². The van der Waals surface area contributed by atoms with Crippen LogP contribution in [0, 0.1) is 5.92 Å². The van der Waals surface area contributed by atoms with E-state index in [2.05, 4.69) is 18.3 Å². The molecule has 1 aliphatic carbocycles. The molecule has 1 saturated carbocycles. The first-order valence-corrected chi connectivity index (χ1v) is 7.44. The van der Waals surface area contributed by atoms with Crippen LogP contribution in [0.3, 0.4) is 0 Å². The van der Waals surface area contributed by atoms with Gasteiger partial charge in [-0.3, -0.25) is 0 Å². The minimum absolute atomic E-state index is 0.354. The van der Waals surface area contributed by atoms with Crippen LogP contribution in [0.4, 0.5) is 0 Å². The van der Waals surface area contributed by atoms with Crippen LogP contribution in [-0.4, -0.2) is 12.8 Å². The Morgan fingerprint density at radius 2 is 2.11 bits per heavy atom. The van der Waals surface area contributed by atoms with Crippen molar-refractivity contribution in [1.29, 1.82) is 0 Å². The van der Waals surface area contributed by atoms with Crippen LogP contribution >= 0.6 is 0 Å². The highest BCUT2D eigenvalue weighted by atomic mass is 16.7. The van der Waals surface area contributed by atoms with Gasteiger partial charge >= 0.3 is 0 Å². The standard InChI is InChI=1S/C16H23NO2/c1-12-4-2-6-14(9-8-12)17-10-13-5-3-7-15-16(13)19-11-18-15/h3,5,7,12,14,17H,2,4,6,8-11H2,1H3. The largest absolute Gasteiger partial charge is 0.454 e. The molecule has 0 radical (unpaired) electrons. The highest BCUT2D eigenvalue weighted by Gasteiger charge is 2.19. The summed E-state index contributed by atoms with van der Waals surface area (Å²) in [6.07, 6.45) is 6.69. The zero-order valence-electron chi connectivity index (χ0n) is 11.7. The molecule has 2 atom stereocenters. The summed E-state index contributed by atoms with van der Waals surface area (Å²) in [6, 6.07) is 6.79. The first-order valence-electron chi connectivity index (χ1n) is 7.44. The number of para-hydroxylation sites is 1. The van der Waals surface area contributed by atoms with Crippen LogP contribution in [0.15, 0.2) is 18.2 Å². The Bertz CT molecular complexity index is 433. The summed E-state index contributed by atoms with van der Waals surface area (Å²) in [6.45, 7) is 3.61. The smallest absolute Gasteiger partial charge is 0.231 e. The Morgan fingerprint density at radius 1 is 1.16 bits per heavy atom. The maximum absolute atomic E-state index is 5.55. The van der Waals surface area contributed by atoms with Gasteiger partial charge in [-0.1, -0.05) is 31.9 Å². The topological polar surface area (TPSA) is 30.5 Å². The molecule has 1 N–H and O–H groups in total. The fourth-order valence-electron chi connectivity index (χ4n) is 3.08. The summed E-state index contributed by atoms with van der Waals surface area (Å²) in [7, 11) is 0. The maximum atomic E-state index is 5.55. The fraction of sp³-hybridized carbons (Fsp3) is 0.625. The second-order valence-electron chi connectivity index (χ2n) is 5.84. The molecule has 1 aliphatic heterocycles. The molecule has 0 spiro atoms. The third kappa shape index (κ3) is 3.03. The molecule has 2 unspecified atom stereocenters. The summed E-state index contributed by atoms with van der Waals surface area (Å²) in [5.41, 5.74) is 1.22. The monoisotopic (exact) mass is 261 g/mol. The average Bonchev–Trinajstić information content (AvgIpc) is 2.81. The van der Waals surface area contributed by atoms with Crippen molar-refractivity contribution in [3.05, 3.63) is 23.8 Å². The Labute approximate surface area is 115 Å². The van der Waals surface area contributed by atoms with Gasteiger partial charge in [-0.2, -0.15) is 0 Å². The number of benzene rings is 1. The fourth-order valence-corrected chi connectivity index (χ4v) is 3.08. The lowest BCUT2D eigenvalue weighted by atomic mass is 10.0. The van der Waals surface area contributed by atoms with Gasteiger partial charge in [-0.05, 0) is 31.2 Å². The van der Waals surface area contributed by atoms with E-state index in [9.17, 15) is 0 Å². The highest BCUT2D eigenvalue weighted by Crippen LogP contribution is 2.35. The summed E-state index contributed by atoms with van der Waals surface area (Å²) in [4.78, 5) is 0. The Morgan fingerprint density at radius 3 is 3.05 bits per heavy atom. The lowest BCUT2D eigenvalue weighted by molar-refractivity contribution is 0.173. The molecule has 2 aliphatic rings. The van der Waals surface area contributed by atoms with Crippen molar-refractivity contribution < 1.29 is 9.47 Å². The normalized spacial score (nSPS) is 26.2. The predicted molar refractivity (Wildman–Crippen MR) is 75.4 cm³/mol. The van der Waals surface area contributed by atoms with Crippen molar-refractivity contribution in [2.75, 3.05) is 6.79 Å². The van der Waals surface area contributed by atoms with Gasteiger partial charge in [0.2, 0.25) is 6.79 Å². The molecule has 104 valence electrons. The van der Waals surface area contributed by atoms with E-state index >= 15 is 0 Å². The van der Waals surface area contributed by atoms with Crippen LogP contribution in [0.1, 0.15) is 44.6 Å². The van der Waals surface area contributed by atoms with E-state index in [4.69, 9.17) is 9.47 Å². The summed E-state index contributed by atoms with van der Waals surface area (Å²) in [5.74, 6) is 2.70. The van der Waals surface area contributed by atoms with Crippen molar-refractivity contribution in [2.24, 2.45) is 5.92 Å². The minimum Gasteiger partial charge on any atom is -0.454 e. The number of fused-ring (bicyclic) bond motifs is 1. The summed E-state index contributed by atoms with van der Waals surface area (Å²) >= 11 is 0. The van der Waals surface area contributed by atoms with Crippen LogP contribution in [-0.2, 0) is 6.54 Å². The highest BCUT2D eigenvalue weighted by molar-refractivity contribution is 5.48. The second-order valence-corrected chi connectivity index (χ2v) is 5.84. The van der Waals surface area contributed by atoms with Crippen LogP contribution in [0.2, 0.25) is 0 Å². The maximum Gasteiger partial charge on any atom is 0.231 e. The number of ether oxygens (including phenoxy) is 2. The average molecular weight is 261 g/mol. The van der Waals surface area contributed by atoms with Gasteiger partial charge in [-0.15, -0.1) is 0 Å². The summed E-state index contributed by atoms with van der Waals surface area (Å²) in [5, 5.41) is 3.69. The summed E-state index contributed by atoms with van der Waals surface area (Å²) < 4.78 is 11.0.